The molecule has 0 bridgehead atoms. The van der Waals surface area contributed by atoms with Crippen molar-refractivity contribution >= 4 is 20.3 Å². The third kappa shape index (κ3) is 6.08. The Morgan fingerprint density at radius 1 is 1.13 bits per heavy atom. The summed E-state index contributed by atoms with van der Waals surface area (Å²) in [6, 6.07) is 5.42. The van der Waals surface area contributed by atoms with Gasteiger partial charge in [-0.2, -0.15) is 0 Å². The normalized spacial score (nSPS) is 27.2. The summed E-state index contributed by atoms with van der Waals surface area (Å²) in [6.45, 7) is 12.3. The molecule has 2 rings (SSSR count). The van der Waals surface area contributed by atoms with E-state index < -0.39 is 44.9 Å². The van der Waals surface area contributed by atoms with Crippen LogP contribution in [0.5, 0.6) is 11.5 Å². The fourth-order valence-electron chi connectivity index (χ4n) is 2.83. The lowest BCUT2D eigenvalue weighted by Gasteiger charge is -2.39. The van der Waals surface area contributed by atoms with Gasteiger partial charge in [-0.1, -0.05) is 26.8 Å². The maximum atomic E-state index is 12.3. The summed E-state index contributed by atoms with van der Waals surface area (Å²) in [5.74, 6) is 0.723. The van der Waals surface area contributed by atoms with E-state index in [0.29, 0.717) is 11.5 Å². The molecule has 0 aromatic heterocycles. The standard InChI is InChI=1S/C22H35NO7Si/c1-13-18(25)19(26)20(27)21(29-13)23-17(24)11-9-14-8-10-15(16(12-14)28-5)30-31(6,7)22(2,3)4/h8-13,18-21,25-27H,1-7H3,(H,23,24)/b11-9+/t13?,18-,19?,20-,21-/m0/s1. The van der Waals surface area contributed by atoms with E-state index in [9.17, 15) is 20.1 Å². The average molecular weight is 454 g/mol. The number of hydrogen-bond acceptors (Lipinski definition) is 7. The zero-order valence-electron chi connectivity index (χ0n) is 19.2. The van der Waals surface area contributed by atoms with Gasteiger partial charge in [-0.15, -0.1) is 0 Å². The molecule has 0 saturated carbocycles. The molecule has 1 aliphatic heterocycles. The second kappa shape index (κ2) is 9.70. The quantitative estimate of drug-likeness (QED) is 0.385. The highest BCUT2D eigenvalue weighted by Crippen LogP contribution is 2.40. The van der Waals surface area contributed by atoms with E-state index in [1.165, 1.54) is 6.08 Å². The molecule has 1 aromatic carbocycles. The van der Waals surface area contributed by atoms with Crippen molar-refractivity contribution in [2.45, 2.75) is 76.5 Å². The predicted octanol–water partition coefficient (Wildman–Crippen LogP) is 2.04. The third-order valence-electron chi connectivity index (χ3n) is 5.92. The van der Waals surface area contributed by atoms with Gasteiger partial charge in [-0.3, -0.25) is 4.79 Å². The number of nitrogens with one attached hydrogen (secondary N) is 1. The highest BCUT2D eigenvalue weighted by atomic mass is 28.4. The summed E-state index contributed by atoms with van der Waals surface area (Å²) >= 11 is 0. The molecular weight excluding hydrogens is 418 g/mol. The third-order valence-corrected chi connectivity index (χ3v) is 10.3. The van der Waals surface area contributed by atoms with Gasteiger partial charge >= 0.3 is 0 Å². The molecule has 0 spiro atoms. The SMILES string of the molecule is COc1cc(/C=C/C(=O)N[C@H]2OC(C)[C@H](O)C(O)[C@@H]2O)ccc1O[Si](C)(C)C(C)(C)C. The number of aliphatic hydroxyl groups excluding tert-OH is 3. The zero-order valence-corrected chi connectivity index (χ0v) is 20.2. The summed E-state index contributed by atoms with van der Waals surface area (Å²) in [5, 5.41) is 32.1. The van der Waals surface area contributed by atoms with E-state index in [2.05, 4.69) is 39.2 Å². The molecule has 8 nitrogen and oxygen atoms in total. The van der Waals surface area contributed by atoms with E-state index >= 15 is 0 Å². The van der Waals surface area contributed by atoms with Crippen molar-refractivity contribution in [1.82, 2.24) is 5.32 Å². The monoisotopic (exact) mass is 453 g/mol. The molecule has 31 heavy (non-hydrogen) atoms. The molecule has 2 unspecified atom stereocenters. The number of benzene rings is 1. The molecule has 0 aliphatic carbocycles. The van der Waals surface area contributed by atoms with Crippen LogP contribution in [0.4, 0.5) is 0 Å². The smallest absolute Gasteiger partial charge is 0.250 e. The van der Waals surface area contributed by atoms with Crippen LogP contribution in [0.25, 0.3) is 6.08 Å². The summed E-state index contributed by atoms with van der Waals surface area (Å²) in [7, 11) is -0.467. The highest BCUT2D eigenvalue weighted by Gasteiger charge is 2.42. The number of aliphatic hydroxyl groups is 3. The largest absolute Gasteiger partial charge is 0.541 e. The number of ether oxygens (including phenoxy) is 2. The van der Waals surface area contributed by atoms with Crippen molar-refractivity contribution in [3.05, 3.63) is 29.8 Å². The summed E-state index contributed by atoms with van der Waals surface area (Å²) in [4.78, 5) is 12.3. The Hall–Kier alpha value is -1.91. The summed E-state index contributed by atoms with van der Waals surface area (Å²) < 4.78 is 17.2. The fourth-order valence-corrected chi connectivity index (χ4v) is 3.86. The van der Waals surface area contributed by atoms with Crippen LogP contribution in [0.1, 0.15) is 33.3 Å². The lowest BCUT2D eigenvalue weighted by Crippen LogP contribution is -2.61. The van der Waals surface area contributed by atoms with Crippen molar-refractivity contribution in [3.63, 3.8) is 0 Å². The molecule has 1 aliphatic rings. The Kier molecular flexibility index (Phi) is 7.93. The fraction of sp³-hybridized carbons (Fsp3) is 0.591. The predicted molar refractivity (Wildman–Crippen MR) is 120 cm³/mol. The molecule has 174 valence electrons. The first-order chi connectivity index (χ1) is 14.3. The Labute approximate surface area is 185 Å². The Bertz CT molecular complexity index is 806. The molecule has 4 N–H and O–H groups in total. The van der Waals surface area contributed by atoms with E-state index in [1.807, 2.05) is 12.1 Å². The number of carbonyl (C=O) groups excluding carboxylic acids is 1. The molecule has 1 saturated heterocycles. The molecule has 1 heterocycles. The van der Waals surface area contributed by atoms with Crippen LogP contribution in [0.3, 0.4) is 0 Å². The number of carbonyl (C=O) groups is 1. The minimum Gasteiger partial charge on any atom is -0.541 e. The van der Waals surface area contributed by atoms with Gasteiger partial charge in [0.2, 0.25) is 5.91 Å². The molecule has 9 heteroatoms. The van der Waals surface area contributed by atoms with Gasteiger partial charge in [-0.25, -0.2) is 0 Å². The van der Waals surface area contributed by atoms with Gasteiger partial charge in [0.15, 0.2) is 12.0 Å². The average Bonchev–Trinajstić information content (AvgIpc) is 2.68. The van der Waals surface area contributed by atoms with Gasteiger partial charge in [0.25, 0.3) is 8.32 Å². The molecule has 0 radical (unpaired) electrons. The Balaban J connectivity index is 2.08. The maximum absolute atomic E-state index is 12.3. The van der Waals surface area contributed by atoms with Gasteiger partial charge in [0.05, 0.1) is 13.2 Å². The van der Waals surface area contributed by atoms with Crippen LogP contribution in [0, 0.1) is 0 Å². The van der Waals surface area contributed by atoms with Gasteiger partial charge in [-0.05, 0) is 48.8 Å². The number of amides is 1. The molecular formula is C22H35NO7Si. The highest BCUT2D eigenvalue weighted by molar-refractivity contribution is 6.74. The summed E-state index contributed by atoms with van der Waals surface area (Å²) in [6.07, 6.45) is -3.03. The Morgan fingerprint density at radius 3 is 2.35 bits per heavy atom. The van der Waals surface area contributed by atoms with Gasteiger partial charge < -0.3 is 34.5 Å². The van der Waals surface area contributed by atoms with Crippen LogP contribution < -0.4 is 14.5 Å². The van der Waals surface area contributed by atoms with Crippen molar-refractivity contribution in [1.29, 1.82) is 0 Å². The van der Waals surface area contributed by atoms with E-state index in [-0.39, 0.29) is 5.04 Å². The van der Waals surface area contributed by atoms with Crippen LogP contribution in [0.2, 0.25) is 18.1 Å². The van der Waals surface area contributed by atoms with Crippen LogP contribution in [-0.4, -0.2) is 67.3 Å². The molecule has 1 amide bonds. The second-order valence-corrected chi connectivity index (χ2v) is 14.1. The number of rotatable bonds is 6. The minimum absolute atomic E-state index is 0.0432. The molecule has 1 fully saturated rings. The lowest BCUT2D eigenvalue weighted by atomic mass is 9.99. The first-order valence-electron chi connectivity index (χ1n) is 10.3. The van der Waals surface area contributed by atoms with E-state index in [4.69, 9.17) is 13.9 Å². The zero-order chi connectivity index (χ0) is 23.6. The van der Waals surface area contributed by atoms with Crippen molar-refractivity contribution < 1.29 is 34.0 Å². The Morgan fingerprint density at radius 2 is 1.77 bits per heavy atom. The lowest BCUT2D eigenvalue weighted by molar-refractivity contribution is -0.224. The molecule has 5 atom stereocenters. The summed E-state index contributed by atoms with van der Waals surface area (Å²) in [5.41, 5.74) is 0.725. The first-order valence-corrected chi connectivity index (χ1v) is 13.2. The minimum atomic E-state index is -2.03. The van der Waals surface area contributed by atoms with E-state index in [1.54, 1.807) is 26.2 Å². The molecule has 1 aromatic rings. The number of hydrogen-bond donors (Lipinski definition) is 4. The van der Waals surface area contributed by atoms with Crippen molar-refractivity contribution in [3.8, 4) is 11.5 Å². The number of methoxy groups -OCH3 is 1. The first kappa shape index (κ1) is 25.3. The van der Waals surface area contributed by atoms with E-state index in [0.717, 1.165) is 5.56 Å². The topological polar surface area (TPSA) is 117 Å². The second-order valence-electron chi connectivity index (χ2n) is 9.35. The van der Waals surface area contributed by atoms with Crippen molar-refractivity contribution in [2.24, 2.45) is 0 Å². The van der Waals surface area contributed by atoms with Gasteiger partial charge in [0, 0.05) is 6.08 Å². The van der Waals surface area contributed by atoms with Crippen LogP contribution in [-0.2, 0) is 9.53 Å². The maximum Gasteiger partial charge on any atom is 0.250 e. The van der Waals surface area contributed by atoms with Crippen LogP contribution in [0.15, 0.2) is 24.3 Å². The van der Waals surface area contributed by atoms with Crippen LogP contribution >= 0.6 is 0 Å². The van der Waals surface area contributed by atoms with Crippen molar-refractivity contribution in [2.75, 3.05) is 7.11 Å². The van der Waals surface area contributed by atoms with Gasteiger partial charge in [0.1, 0.15) is 24.1 Å².